The summed E-state index contributed by atoms with van der Waals surface area (Å²) >= 11 is 0. The van der Waals surface area contributed by atoms with E-state index < -0.39 is 0 Å². The molecule has 5 heteroatoms. The molecule has 2 saturated carbocycles. The Labute approximate surface area is 218 Å². The zero-order valence-electron chi connectivity index (χ0n) is 21.3. The molecule has 0 aliphatic heterocycles. The first kappa shape index (κ1) is 23.1. The molecule has 0 saturated heterocycles. The molecule has 4 nitrogen and oxygen atoms in total. The zero-order chi connectivity index (χ0) is 25.0. The van der Waals surface area contributed by atoms with Crippen LogP contribution in [0.5, 0.6) is 0 Å². The van der Waals surface area contributed by atoms with Crippen molar-refractivity contribution in [1.29, 1.82) is 0 Å². The molecule has 1 N–H and O–H groups in total. The van der Waals surface area contributed by atoms with Crippen molar-refractivity contribution in [3.8, 4) is 0 Å². The average molecular weight is 496 g/mol. The van der Waals surface area contributed by atoms with Crippen LogP contribution < -0.4 is 5.32 Å². The van der Waals surface area contributed by atoms with Crippen LogP contribution in [0.25, 0.3) is 0 Å². The molecule has 2 fully saturated rings. The third-order valence-corrected chi connectivity index (χ3v) is 9.62. The van der Waals surface area contributed by atoms with E-state index in [0.717, 1.165) is 54.6 Å². The fraction of sp³-hybridized carbons (Fsp3) is 0.531. The highest BCUT2D eigenvalue weighted by atomic mass is 19.1. The summed E-state index contributed by atoms with van der Waals surface area (Å²) in [6.07, 6.45) is 22.8. The molecule has 37 heavy (non-hydrogen) atoms. The molecule has 1 aromatic heterocycles. The lowest BCUT2D eigenvalue weighted by Gasteiger charge is -2.53. The third-order valence-electron chi connectivity index (χ3n) is 9.62. The Morgan fingerprint density at radius 3 is 2.97 bits per heavy atom. The number of carbonyl (C=O) groups excluding carboxylic acids is 1. The normalized spacial score (nSPS) is 34.1. The van der Waals surface area contributed by atoms with E-state index in [1.54, 1.807) is 17.7 Å². The van der Waals surface area contributed by atoms with Crippen molar-refractivity contribution in [3.63, 3.8) is 0 Å². The molecular weight excluding hydrogens is 461 g/mol. The summed E-state index contributed by atoms with van der Waals surface area (Å²) < 4.78 is 13.4. The number of allylic oxidation sites excluding steroid dienone is 8. The van der Waals surface area contributed by atoms with Crippen molar-refractivity contribution in [2.24, 2.45) is 29.1 Å². The third kappa shape index (κ3) is 4.49. The highest BCUT2D eigenvalue weighted by molar-refractivity contribution is 5.90. The summed E-state index contributed by atoms with van der Waals surface area (Å²) in [5.41, 5.74) is 11.3. The molecule has 0 radical (unpaired) electrons. The Balaban J connectivity index is 1.15. The van der Waals surface area contributed by atoms with Crippen LogP contribution in [0.4, 0.5) is 10.2 Å². The van der Waals surface area contributed by atoms with Crippen LogP contribution >= 0.6 is 0 Å². The molecule has 1 amide bonds. The van der Waals surface area contributed by atoms with Gasteiger partial charge >= 0.3 is 0 Å². The maximum absolute atomic E-state index is 13.4. The number of halogens is 1. The molecule has 4 bridgehead atoms. The number of amides is 1. The van der Waals surface area contributed by atoms with Crippen LogP contribution in [0.15, 0.2) is 59.3 Å². The number of aromatic nitrogens is 2. The molecule has 7 aliphatic carbocycles. The number of rotatable bonds is 6. The first-order chi connectivity index (χ1) is 18.0. The zero-order valence-corrected chi connectivity index (χ0v) is 21.3. The lowest BCUT2D eigenvalue weighted by atomic mass is 9.52. The monoisotopic (exact) mass is 495 g/mol. The second-order valence-corrected chi connectivity index (χ2v) is 12.4. The number of anilines is 1. The summed E-state index contributed by atoms with van der Waals surface area (Å²) in [6, 6.07) is 0. The molecule has 190 valence electrons. The maximum Gasteiger partial charge on any atom is 0.226 e. The van der Waals surface area contributed by atoms with Crippen LogP contribution in [0.2, 0.25) is 0 Å². The van der Waals surface area contributed by atoms with Crippen molar-refractivity contribution in [3.05, 3.63) is 76.4 Å². The predicted octanol–water partition coefficient (Wildman–Crippen LogP) is 6.83. The number of nitrogens with one attached hydrogen (secondary N) is 1. The van der Waals surface area contributed by atoms with E-state index in [9.17, 15) is 9.18 Å². The Hall–Kier alpha value is -3.00. The van der Waals surface area contributed by atoms with E-state index in [4.69, 9.17) is 9.97 Å². The Bertz CT molecular complexity index is 1340. The van der Waals surface area contributed by atoms with Crippen molar-refractivity contribution in [2.75, 3.05) is 5.32 Å². The number of nitrogens with zero attached hydrogens (tertiary/aromatic N) is 2. The van der Waals surface area contributed by atoms with Gasteiger partial charge < -0.3 is 5.32 Å². The van der Waals surface area contributed by atoms with Gasteiger partial charge in [-0.1, -0.05) is 29.2 Å². The molecule has 8 rings (SSSR count). The van der Waals surface area contributed by atoms with Gasteiger partial charge in [0.1, 0.15) is 5.83 Å². The maximum atomic E-state index is 13.4. The van der Waals surface area contributed by atoms with Gasteiger partial charge in [-0.3, -0.25) is 9.78 Å². The number of hydrogen-bond donors (Lipinski definition) is 1. The fourth-order valence-electron chi connectivity index (χ4n) is 8.16. The minimum Gasteiger partial charge on any atom is -0.309 e. The van der Waals surface area contributed by atoms with Gasteiger partial charge in [-0.15, -0.1) is 0 Å². The summed E-state index contributed by atoms with van der Waals surface area (Å²) in [6.45, 7) is 0. The first-order valence-electron chi connectivity index (χ1n) is 14.1. The minimum atomic E-state index is -0.223. The summed E-state index contributed by atoms with van der Waals surface area (Å²) in [5.74, 6) is 2.57. The quantitative estimate of drug-likeness (QED) is 0.348. The van der Waals surface area contributed by atoms with Gasteiger partial charge in [-0.25, -0.2) is 9.37 Å². The van der Waals surface area contributed by atoms with E-state index >= 15 is 0 Å². The highest BCUT2D eigenvalue weighted by Crippen LogP contribution is 2.59. The van der Waals surface area contributed by atoms with Gasteiger partial charge in [-0.2, -0.15) is 0 Å². The number of hydrogen-bond acceptors (Lipinski definition) is 3. The van der Waals surface area contributed by atoms with Gasteiger partial charge in [0.15, 0.2) is 5.82 Å². The molecule has 6 atom stereocenters. The molecule has 1 aromatic rings. The second kappa shape index (κ2) is 9.08. The lowest BCUT2D eigenvalue weighted by Crippen LogP contribution is -2.41. The predicted molar refractivity (Wildman–Crippen MR) is 141 cm³/mol. The van der Waals surface area contributed by atoms with E-state index in [2.05, 4.69) is 35.0 Å². The summed E-state index contributed by atoms with van der Waals surface area (Å²) in [5, 5.41) is 3.13. The van der Waals surface area contributed by atoms with E-state index in [-0.39, 0.29) is 23.6 Å². The lowest BCUT2D eigenvalue weighted by molar-refractivity contribution is -0.116. The summed E-state index contributed by atoms with van der Waals surface area (Å²) in [4.78, 5) is 23.3. The van der Waals surface area contributed by atoms with Crippen LogP contribution in [-0.2, 0) is 17.6 Å². The van der Waals surface area contributed by atoms with E-state index in [1.165, 1.54) is 38.2 Å². The van der Waals surface area contributed by atoms with Crippen molar-refractivity contribution >= 4 is 11.7 Å². The average Bonchev–Trinajstić information content (AvgIpc) is 2.88. The molecule has 0 aromatic carbocycles. The molecule has 1 heterocycles. The van der Waals surface area contributed by atoms with Gasteiger partial charge in [0, 0.05) is 12.3 Å². The summed E-state index contributed by atoms with van der Waals surface area (Å²) in [7, 11) is 0. The second-order valence-electron chi connectivity index (χ2n) is 12.4. The Kier molecular flexibility index (Phi) is 5.68. The van der Waals surface area contributed by atoms with Gasteiger partial charge in [0.25, 0.3) is 0 Å². The SMILES string of the molecule is O=C(CC1C=CC(F)=CC1)Nc1nc2c(nc1CCC13CC4=C[C@@H](CC(C4)C1)C3)C1C=C=C=CC1CC2. The number of aryl methyl sites for hydroxylation is 2. The van der Waals surface area contributed by atoms with Crippen molar-refractivity contribution in [1.82, 2.24) is 9.97 Å². The van der Waals surface area contributed by atoms with Crippen molar-refractivity contribution < 1.29 is 9.18 Å². The molecule has 7 aliphatic rings. The minimum absolute atomic E-state index is 0.0144. The Morgan fingerprint density at radius 1 is 1.22 bits per heavy atom. The fourth-order valence-corrected chi connectivity index (χ4v) is 8.16. The standard InChI is InChI=1S/C32H34FN3O/c33-25-8-5-20(6-9-25)16-29(37)36-31-28(11-12-32-17-21-13-22(18-32)15-23(14-21)19-32)34-30-26-4-2-1-3-24(26)7-10-27(30)35-31/h3-5,8-9,13,20-21,23-24,26H,6-7,10-12,14-19H2,(H,35,36,37)/t20?,21-,23?,24?,26?,32?/m0/s1. The van der Waals surface area contributed by atoms with Crippen LogP contribution in [0.1, 0.15) is 80.8 Å². The highest BCUT2D eigenvalue weighted by Gasteiger charge is 2.47. The molecule has 5 unspecified atom stereocenters. The first-order valence-corrected chi connectivity index (χ1v) is 14.1. The molecular formula is C32H34FN3O. The topological polar surface area (TPSA) is 54.9 Å². The van der Waals surface area contributed by atoms with Crippen molar-refractivity contribution in [2.45, 2.75) is 76.5 Å². The van der Waals surface area contributed by atoms with Crippen LogP contribution in [-0.4, -0.2) is 15.9 Å². The number of carbonyl (C=O) groups is 1. The van der Waals surface area contributed by atoms with Gasteiger partial charge in [0.2, 0.25) is 5.91 Å². The van der Waals surface area contributed by atoms with Gasteiger partial charge in [0.05, 0.1) is 17.1 Å². The smallest absolute Gasteiger partial charge is 0.226 e. The van der Waals surface area contributed by atoms with Crippen LogP contribution in [0.3, 0.4) is 0 Å². The van der Waals surface area contributed by atoms with E-state index in [1.807, 2.05) is 0 Å². The van der Waals surface area contributed by atoms with E-state index in [0.29, 0.717) is 30.0 Å². The Morgan fingerprint density at radius 2 is 2.14 bits per heavy atom. The van der Waals surface area contributed by atoms with Crippen LogP contribution in [0, 0.1) is 29.1 Å². The largest absolute Gasteiger partial charge is 0.309 e. The molecule has 0 spiro atoms. The number of fused-ring (bicyclic) bond motifs is 3. The van der Waals surface area contributed by atoms with Gasteiger partial charge in [-0.05, 0) is 118 Å².